The van der Waals surface area contributed by atoms with E-state index in [4.69, 9.17) is 0 Å². The van der Waals surface area contributed by atoms with Gasteiger partial charge in [-0.3, -0.25) is 9.59 Å². The Morgan fingerprint density at radius 3 is 2.08 bits per heavy atom. The molecule has 26 heavy (non-hydrogen) atoms. The number of rotatable bonds is 0. The van der Waals surface area contributed by atoms with E-state index in [-0.39, 0.29) is 17.5 Å². The van der Waals surface area contributed by atoms with Gasteiger partial charge in [0.15, 0.2) is 0 Å². The molecule has 4 N–H and O–H groups in total. The Hall–Kier alpha value is -2.91. The molecule has 0 fully saturated rings. The van der Waals surface area contributed by atoms with Crippen LogP contribution in [0.25, 0.3) is 11.0 Å². The zero-order chi connectivity index (χ0) is 17.8. The maximum absolute atomic E-state index is 12.6. The number of aromatic nitrogens is 2. The van der Waals surface area contributed by atoms with E-state index in [1.807, 2.05) is 24.3 Å². The predicted molar refractivity (Wildman–Crippen MR) is 101 cm³/mol. The van der Waals surface area contributed by atoms with Gasteiger partial charge in [-0.15, -0.1) is 0 Å². The Morgan fingerprint density at radius 2 is 1.31 bits per heavy atom. The number of amides is 2. The number of benzene rings is 2. The number of carbonyl (C=O) groups excluding carboxylic acids is 2. The van der Waals surface area contributed by atoms with Crippen LogP contribution < -0.4 is 16.3 Å². The summed E-state index contributed by atoms with van der Waals surface area (Å²) in [7, 11) is 0. The van der Waals surface area contributed by atoms with Crippen LogP contribution in [0.3, 0.4) is 0 Å². The molecule has 0 unspecified atom stereocenters. The molecule has 5 rings (SSSR count). The van der Waals surface area contributed by atoms with E-state index < -0.39 is 0 Å². The molecule has 2 aromatic carbocycles. The lowest BCUT2D eigenvalue weighted by Crippen LogP contribution is -2.24. The van der Waals surface area contributed by atoms with Gasteiger partial charge in [-0.25, -0.2) is 4.79 Å². The van der Waals surface area contributed by atoms with Gasteiger partial charge in [0.05, 0.1) is 32.2 Å². The van der Waals surface area contributed by atoms with Crippen LogP contribution in [-0.4, -0.2) is 21.8 Å². The summed E-state index contributed by atoms with van der Waals surface area (Å²) >= 11 is 2.50. The van der Waals surface area contributed by atoms with Crippen LogP contribution in [0.4, 0.5) is 11.4 Å². The highest BCUT2D eigenvalue weighted by atomic mass is 32.2. The van der Waals surface area contributed by atoms with E-state index in [9.17, 15) is 14.4 Å². The summed E-state index contributed by atoms with van der Waals surface area (Å²) in [5.41, 5.74) is 2.29. The molecule has 2 aliphatic rings. The van der Waals surface area contributed by atoms with Gasteiger partial charge in [0.25, 0.3) is 11.8 Å². The third-order valence-electron chi connectivity index (χ3n) is 4.04. The summed E-state index contributed by atoms with van der Waals surface area (Å²) in [6, 6.07) is 10.9. The van der Waals surface area contributed by atoms with Crippen LogP contribution in [0.2, 0.25) is 0 Å². The molecule has 0 radical (unpaired) electrons. The first-order valence-electron chi connectivity index (χ1n) is 7.66. The molecule has 2 amide bonds. The van der Waals surface area contributed by atoms with Crippen LogP contribution in [0.5, 0.6) is 0 Å². The molecule has 3 aromatic rings. The summed E-state index contributed by atoms with van der Waals surface area (Å²) in [5, 5.41) is 5.63. The lowest BCUT2D eigenvalue weighted by Gasteiger charge is -2.24. The van der Waals surface area contributed by atoms with Crippen molar-refractivity contribution >= 4 is 57.7 Å². The minimum absolute atomic E-state index is 0.300. The Labute approximate surface area is 154 Å². The highest BCUT2D eigenvalue weighted by Crippen LogP contribution is 2.46. The largest absolute Gasteiger partial charge is 0.323 e. The minimum Gasteiger partial charge on any atom is -0.320 e. The first kappa shape index (κ1) is 15.4. The highest BCUT2D eigenvalue weighted by Gasteiger charge is 2.31. The minimum atomic E-state index is -0.336. The van der Waals surface area contributed by atoms with E-state index in [1.165, 1.54) is 23.5 Å². The van der Waals surface area contributed by atoms with Gasteiger partial charge in [-0.1, -0.05) is 35.7 Å². The number of para-hydroxylation sites is 1. The quantitative estimate of drug-likeness (QED) is 0.447. The summed E-state index contributed by atoms with van der Waals surface area (Å²) in [4.78, 5) is 44.3. The molecule has 7 nitrogen and oxygen atoms in total. The van der Waals surface area contributed by atoms with Crippen LogP contribution >= 0.6 is 23.5 Å². The van der Waals surface area contributed by atoms with Gasteiger partial charge >= 0.3 is 5.69 Å². The second-order valence-corrected chi connectivity index (χ2v) is 7.84. The Morgan fingerprint density at radius 1 is 0.692 bits per heavy atom. The molecule has 9 heteroatoms. The summed E-state index contributed by atoms with van der Waals surface area (Å²) < 4.78 is 0. The average Bonchev–Trinajstić information content (AvgIpc) is 2.97. The van der Waals surface area contributed by atoms with Gasteiger partial charge in [0.1, 0.15) is 0 Å². The molecule has 3 heterocycles. The average molecular weight is 382 g/mol. The molecule has 0 atom stereocenters. The van der Waals surface area contributed by atoms with Gasteiger partial charge in [0, 0.05) is 9.79 Å². The summed E-state index contributed by atoms with van der Waals surface area (Å²) in [6.07, 6.45) is 0. The van der Waals surface area contributed by atoms with Crippen molar-refractivity contribution in [1.29, 1.82) is 0 Å². The smallest absolute Gasteiger partial charge is 0.320 e. The maximum Gasteiger partial charge on any atom is 0.323 e. The fourth-order valence-electron chi connectivity index (χ4n) is 2.87. The van der Waals surface area contributed by atoms with Crippen molar-refractivity contribution in [2.45, 2.75) is 9.79 Å². The molecule has 0 saturated heterocycles. The van der Waals surface area contributed by atoms with E-state index >= 15 is 0 Å². The maximum atomic E-state index is 12.6. The Balaban J connectivity index is 1.62. The van der Waals surface area contributed by atoms with Crippen LogP contribution in [-0.2, 0) is 9.59 Å². The molecule has 2 aliphatic heterocycles. The number of aromatic amines is 2. The predicted octanol–water partition coefficient (Wildman–Crippen LogP) is 2.86. The van der Waals surface area contributed by atoms with E-state index in [0.29, 0.717) is 26.5 Å². The first-order chi connectivity index (χ1) is 12.6. The van der Waals surface area contributed by atoms with Crippen molar-refractivity contribution < 1.29 is 9.59 Å². The van der Waals surface area contributed by atoms with E-state index in [0.717, 1.165) is 15.5 Å². The number of thioether (sulfide) groups is 2. The third-order valence-corrected chi connectivity index (χ3v) is 6.49. The number of carbonyl (C=O) groups is 2. The molecular weight excluding hydrogens is 372 g/mol. The lowest BCUT2D eigenvalue weighted by atomic mass is 10.2. The normalized spacial score (nSPS) is 18.9. The fourth-order valence-corrected chi connectivity index (χ4v) is 4.99. The number of anilines is 2. The van der Waals surface area contributed by atoms with Crippen molar-refractivity contribution in [2.75, 3.05) is 10.6 Å². The second kappa shape index (κ2) is 5.55. The topological polar surface area (TPSA) is 107 Å². The van der Waals surface area contributed by atoms with Gasteiger partial charge in [-0.2, -0.15) is 0 Å². The fraction of sp³-hybridized carbons (Fsp3) is 0. The highest BCUT2D eigenvalue weighted by molar-refractivity contribution is 8.08. The van der Waals surface area contributed by atoms with Crippen LogP contribution in [0.15, 0.2) is 60.8 Å². The van der Waals surface area contributed by atoms with Crippen molar-refractivity contribution in [3.63, 3.8) is 0 Å². The molecule has 128 valence electrons. The SMILES string of the molecule is O=C1Nc2ccccc2SC1=C1Sc2cc3[nH]c(=O)[nH]c3cc2NC1=O. The van der Waals surface area contributed by atoms with E-state index in [1.54, 1.807) is 12.1 Å². The van der Waals surface area contributed by atoms with Crippen molar-refractivity contribution in [1.82, 2.24) is 9.97 Å². The number of imidazole rings is 1. The van der Waals surface area contributed by atoms with Gasteiger partial charge < -0.3 is 20.6 Å². The molecule has 0 saturated carbocycles. The number of hydrogen-bond donors (Lipinski definition) is 4. The molecule has 0 spiro atoms. The molecular formula is C17H10N4O3S2. The summed E-state index contributed by atoms with van der Waals surface area (Å²) in [5.74, 6) is -0.636. The molecule has 0 bridgehead atoms. The van der Waals surface area contributed by atoms with Crippen molar-refractivity contribution in [3.05, 3.63) is 56.7 Å². The second-order valence-electron chi connectivity index (χ2n) is 5.74. The summed E-state index contributed by atoms with van der Waals surface area (Å²) in [6.45, 7) is 0. The first-order valence-corrected chi connectivity index (χ1v) is 9.29. The standard InChI is InChI=1S/C17H10N4O3S2/c22-15-13(25-11-4-2-1-3-7(11)18-15)14-16(23)19-10-5-8-9(6-12(10)26-14)21-17(24)20-8/h1-6H,(H,18,22)(H,19,23)(H2,20,21,24). The number of fused-ring (bicyclic) bond motifs is 3. The number of hydrogen-bond acceptors (Lipinski definition) is 5. The lowest BCUT2D eigenvalue weighted by molar-refractivity contribution is -0.114. The van der Waals surface area contributed by atoms with Gasteiger partial charge in [-0.05, 0) is 24.3 Å². The van der Waals surface area contributed by atoms with Crippen LogP contribution in [0.1, 0.15) is 0 Å². The molecule has 0 aliphatic carbocycles. The number of nitrogens with one attached hydrogen (secondary N) is 4. The Kier molecular flexibility index (Phi) is 3.28. The third kappa shape index (κ3) is 2.36. The zero-order valence-corrected chi connectivity index (χ0v) is 14.6. The van der Waals surface area contributed by atoms with Crippen LogP contribution in [0, 0.1) is 0 Å². The van der Waals surface area contributed by atoms with Crippen molar-refractivity contribution in [3.8, 4) is 0 Å². The zero-order valence-electron chi connectivity index (χ0n) is 13.0. The van der Waals surface area contributed by atoms with E-state index in [2.05, 4.69) is 20.6 Å². The Bertz CT molecular complexity index is 1210. The number of H-pyrrole nitrogens is 2. The monoisotopic (exact) mass is 382 g/mol. The molecule has 1 aromatic heterocycles. The van der Waals surface area contributed by atoms with Crippen molar-refractivity contribution in [2.24, 2.45) is 0 Å². The van der Waals surface area contributed by atoms with Gasteiger partial charge in [0.2, 0.25) is 0 Å².